The first-order valence-electron chi connectivity index (χ1n) is 6.03. The number of hydrogen-bond acceptors (Lipinski definition) is 2. The second-order valence-corrected chi connectivity index (χ2v) is 4.71. The zero-order valence-corrected chi connectivity index (χ0v) is 9.96. The van der Waals surface area contributed by atoms with Gasteiger partial charge in [0.2, 0.25) is 5.91 Å². The van der Waals surface area contributed by atoms with Gasteiger partial charge in [0.25, 0.3) is 0 Å². The third-order valence-corrected chi connectivity index (χ3v) is 3.25. The second kappa shape index (κ2) is 5.44. The van der Waals surface area contributed by atoms with Crippen molar-refractivity contribution in [2.45, 2.75) is 25.3 Å². The zero-order valence-electron chi connectivity index (χ0n) is 9.96. The maximum Gasteiger partial charge on any atom is 0.223 e. The van der Waals surface area contributed by atoms with Gasteiger partial charge >= 0.3 is 0 Å². The summed E-state index contributed by atoms with van der Waals surface area (Å²) in [6.07, 6.45) is 1.70. The van der Waals surface area contributed by atoms with Crippen LogP contribution in [0.25, 0.3) is 0 Å². The minimum atomic E-state index is -0.470. The second-order valence-electron chi connectivity index (χ2n) is 4.71. The first-order valence-corrected chi connectivity index (χ1v) is 6.03. The number of rotatable bonds is 4. The van der Waals surface area contributed by atoms with Crippen molar-refractivity contribution in [3.63, 3.8) is 0 Å². The summed E-state index contributed by atoms with van der Waals surface area (Å²) in [5.74, 6) is -0.982. The van der Waals surface area contributed by atoms with E-state index in [1.165, 1.54) is 0 Å². The molecule has 3 N–H and O–H groups in total. The Morgan fingerprint density at radius 3 is 2.78 bits per heavy atom. The first kappa shape index (κ1) is 13.0. The number of amides is 1. The molecule has 0 aromatic heterocycles. The summed E-state index contributed by atoms with van der Waals surface area (Å²) in [5, 5.41) is 2.72. The lowest BCUT2D eigenvalue weighted by atomic mass is 9.80. The van der Waals surface area contributed by atoms with Gasteiger partial charge in [-0.2, -0.15) is 0 Å². The van der Waals surface area contributed by atoms with Gasteiger partial charge in [0.15, 0.2) is 0 Å². The predicted molar refractivity (Wildman–Crippen MR) is 63.8 cm³/mol. The van der Waals surface area contributed by atoms with Crippen LogP contribution < -0.4 is 11.1 Å². The number of halogens is 2. The minimum Gasteiger partial charge on any atom is -0.356 e. The molecule has 1 aromatic carbocycles. The number of benzene rings is 1. The number of hydrogen-bond donors (Lipinski definition) is 2. The van der Waals surface area contributed by atoms with Crippen molar-refractivity contribution >= 4 is 5.91 Å². The van der Waals surface area contributed by atoms with E-state index in [1.54, 1.807) is 0 Å². The molecule has 0 heterocycles. The van der Waals surface area contributed by atoms with Crippen LogP contribution in [-0.2, 0) is 11.2 Å². The van der Waals surface area contributed by atoms with E-state index in [2.05, 4.69) is 5.32 Å². The number of carbonyl (C=O) groups is 1. The quantitative estimate of drug-likeness (QED) is 0.852. The van der Waals surface area contributed by atoms with E-state index in [4.69, 9.17) is 5.73 Å². The van der Waals surface area contributed by atoms with E-state index in [0.717, 1.165) is 18.2 Å². The number of nitrogens with one attached hydrogen (secondary N) is 1. The fourth-order valence-electron chi connectivity index (χ4n) is 2.08. The summed E-state index contributed by atoms with van der Waals surface area (Å²) in [5.41, 5.74) is 5.87. The highest BCUT2D eigenvalue weighted by Gasteiger charge is 2.31. The molecule has 1 fully saturated rings. The van der Waals surface area contributed by atoms with Crippen LogP contribution in [0.5, 0.6) is 0 Å². The van der Waals surface area contributed by atoms with Crippen molar-refractivity contribution < 1.29 is 13.6 Å². The lowest BCUT2D eigenvalue weighted by Crippen LogP contribution is -2.45. The molecule has 1 aromatic rings. The molecule has 18 heavy (non-hydrogen) atoms. The molecule has 0 atom stereocenters. The average molecular weight is 254 g/mol. The molecule has 0 radical (unpaired) electrons. The SMILES string of the molecule is NC1CC(C(=O)NCCc2cc(F)ccc2F)C1. The molecule has 1 saturated carbocycles. The Kier molecular flexibility index (Phi) is 3.91. The molecule has 0 spiro atoms. The van der Waals surface area contributed by atoms with E-state index >= 15 is 0 Å². The fraction of sp³-hybridized carbons (Fsp3) is 0.462. The molecule has 1 amide bonds. The Labute approximate surface area is 104 Å². The van der Waals surface area contributed by atoms with E-state index in [-0.39, 0.29) is 29.9 Å². The van der Waals surface area contributed by atoms with E-state index < -0.39 is 11.6 Å². The van der Waals surface area contributed by atoms with Gasteiger partial charge in [-0.25, -0.2) is 8.78 Å². The Bertz CT molecular complexity index is 445. The van der Waals surface area contributed by atoms with Crippen molar-refractivity contribution in [2.75, 3.05) is 6.54 Å². The van der Waals surface area contributed by atoms with Crippen LogP contribution >= 0.6 is 0 Å². The van der Waals surface area contributed by atoms with Gasteiger partial charge in [0.05, 0.1) is 0 Å². The van der Waals surface area contributed by atoms with Crippen LogP contribution in [0.15, 0.2) is 18.2 Å². The monoisotopic (exact) mass is 254 g/mol. The highest BCUT2D eigenvalue weighted by molar-refractivity contribution is 5.79. The van der Waals surface area contributed by atoms with Crippen molar-refractivity contribution in [1.29, 1.82) is 0 Å². The molecular weight excluding hydrogens is 238 g/mol. The normalized spacial score (nSPS) is 22.4. The van der Waals surface area contributed by atoms with E-state index in [9.17, 15) is 13.6 Å². The number of carbonyl (C=O) groups excluding carboxylic acids is 1. The Morgan fingerprint density at radius 1 is 1.39 bits per heavy atom. The summed E-state index contributed by atoms with van der Waals surface area (Å²) < 4.78 is 26.2. The zero-order chi connectivity index (χ0) is 13.1. The Morgan fingerprint density at radius 2 is 2.11 bits per heavy atom. The summed E-state index contributed by atoms with van der Waals surface area (Å²) >= 11 is 0. The average Bonchev–Trinajstić information content (AvgIpc) is 2.29. The standard InChI is InChI=1S/C13H16F2N2O/c14-10-1-2-12(15)8(5-10)3-4-17-13(18)9-6-11(16)7-9/h1-2,5,9,11H,3-4,6-7,16H2,(H,17,18). The van der Waals surface area contributed by atoms with Gasteiger partial charge in [-0.3, -0.25) is 4.79 Å². The van der Waals surface area contributed by atoms with E-state index in [0.29, 0.717) is 19.4 Å². The Hall–Kier alpha value is -1.49. The summed E-state index contributed by atoms with van der Waals surface area (Å²) in [6.45, 7) is 0.310. The highest BCUT2D eigenvalue weighted by atomic mass is 19.1. The Balaban J connectivity index is 1.78. The maximum atomic E-state index is 13.3. The van der Waals surface area contributed by atoms with Crippen molar-refractivity contribution in [3.05, 3.63) is 35.4 Å². The summed E-state index contributed by atoms with van der Waals surface area (Å²) in [4.78, 5) is 11.6. The first-order chi connectivity index (χ1) is 8.56. The molecule has 0 aliphatic heterocycles. The van der Waals surface area contributed by atoms with Crippen LogP contribution in [0.3, 0.4) is 0 Å². The lowest BCUT2D eigenvalue weighted by molar-refractivity contribution is -0.127. The maximum absolute atomic E-state index is 13.3. The molecule has 3 nitrogen and oxygen atoms in total. The van der Waals surface area contributed by atoms with E-state index in [1.807, 2.05) is 0 Å². The van der Waals surface area contributed by atoms with Gasteiger partial charge in [-0.1, -0.05) is 0 Å². The topological polar surface area (TPSA) is 55.1 Å². The third-order valence-electron chi connectivity index (χ3n) is 3.25. The van der Waals surface area contributed by atoms with Crippen LogP contribution in [0, 0.1) is 17.6 Å². The number of nitrogens with two attached hydrogens (primary N) is 1. The van der Waals surface area contributed by atoms with Gasteiger partial charge in [0, 0.05) is 18.5 Å². The molecule has 0 unspecified atom stereocenters. The lowest BCUT2D eigenvalue weighted by Gasteiger charge is -2.31. The third kappa shape index (κ3) is 3.04. The molecule has 5 heteroatoms. The molecular formula is C13H16F2N2O. The molecule has 1 aliphatic carbocycles. The smallest absolute Gasteiger partial charge is 0.223 e. The molecule has 1 aliphatic rings. The van der Waals surface area contributed by atoms with Gasteiger partial charge in [-0.15, -0.1) is 0 Å². The predicted octanol–water partition coefficient (Wildman–Crippen LogP) is 1.36. The minimum absolute atomic E-state index is 0.0163. The van der Waals surface area contributed by atoms with Gasteiger partial charge in [0.1, 0.15) is 11.6 Å². The molecule has 0 bridgehead atoms. The largest absolute Gasteiger partial charge is 0.356 e. The van der Waals surface area contributed by atoms with Crippen molar-refractivity contribution in [1.82, 2.24) is 5.32 Å². The molecule has 0 saturated heterocycles. The van der Waals surface area contributed by atoms with Crippen molar-refractivity contribution in [2.24, 2.45) is 11.7 Å². The van der Waals surface area contributed by atoms with Crippen molar-refractivity contribution in [3.8, 4) is 0 Å². The van der Waals surface area contributed by atoms with Gasteiger partial charge in [-0.05, 0) is 43.0 Å². The summed E-state index contributed by atoms with van der Waals surface area (Å²) in [6, 6.07) is 3.45. The van der Waals surface area contributed by atoms with Crippen LogP contribution in [-0.4, -0.2) is 18.5 Å². The van der Waals surface area contributed by atoms with Crippen LogP contribution in [0.4, 0.5) is 8.78 Å². The summed E-state index contributed by atoms with van der Waals surface area (Å²) in [7, 11) is 0. The molecule has 98 valence electrons. The van der Waals surface area contributed by atoms with Crippen LogP contribution in [0.2, 0.25) is 0 Å². The van der Waals surface area contributed by atoms with Crippen LogP contribution in [0.1, 0.15) is 18.4 Å². The fourth-order valence-corrected chi connectivity index (χ4v) is 2.08. The van der Waals surface area contributed by atoms with Gasteiger partial charge < -0.3 is 11.1 Å². The molecule has 2 rings (SSSR count). The highest BCUT2D eigenvalue weighted by Crippen LogP contribution is 2.25.